The van der Waals surface area contributed by atoms with Crippen LogP contribution in [-0.2, 0) is 4.57 Å². The summed E-state index contributed by atoms with van der Waals surface area (Å²) < 4.78 is 15.6. The van der Waals surface area contributed by atoms with Gasteiger partial charge in [-0.3, -0.25) is 4.79 Å². The summed E-state index contributed by atoms with van der Waals surface area (Å²) in [6.45, 7) is 5.81. The van der Waals surface area contributed by atoms with E-state index in [0.29, 0.717) is 16.2 Å². The molecule has 0 saturated carbocycles. The molecular formula is C32H34NO3P. The van der Waals surface area contributed by atoms with Crippen molar-refractivity contribution >= 4 is 23.7 Å². The molecule has 37 heavy (non-hydrogen) atoms. The van der Waals surface area contributed by atoms with Crippen LogP contribution in [0.2, 0.25) is 0 Å². The number of carbonyl (C=O) groups is 1. The lowest BCUT2D eigenvalue weighted by atomic mass is 9.83. The highest BCUT2D eigenvalue weighted by molar-refractivity contribution is 7.79. The Morgan fingerprint density at radius 3 is 1.54 bits per heavy atom. The van der Waals surface area contributed by atoms with Gasteiger partial charge in [-0.1, -0.05) is 130 Å². The second kappa shape index (κ2) is 11.3. The number of nitrogens with one attached hydrogen (secondary N) is 1. The third-order valence-electron chi connectivity index (χ3n) is 6.73. The summed E-state index contributed by atoms with van der Waals surface area (Å²) in [6.07, 6.45) is -1.01. The van der Waals surface area contributed by atoms with Gasteiger partial charge in [-0.05, 0) is 23.1 Å². The van der Waals surface area contributed by atoms with E-state index >= 15 is 4.57 Å². The van der Waals surface area contributed by atoms with Crippen LogP contribution in [-0.4, -0.2) is 22.8 Å². The fourth-order valence-electron chi connectivity index (χ4n) is 4.74. The normalized spacial score (nSPS) is 14.4. The monoisotopic (exact) mass is 511 g/mol. The van der Waals surface area contributed by atoms with Gasteiger partial charge in [-0.15, -0.1) is 0 Å². The van der Waals surface area contributed by atoms with Gasteiger partial charge in [0.05, 0.1) is 17.8 Å². The molecule has 0 saturated heterocycles. The molecule has 4 rings (SSSR count). The number of hydrogen-bond acceptors (Lipinski definition) is 3. The molecule has 190 valence electrons. The van der Waals surface area contributed by atoms with Crippen molar-refractivity contribution in [1.29, 1.82) is 0 Å². The van der Waals surface area contributed by atoms with Crippen molar-refractivity contribution in [1.82, 2.24) is 5.32 Å². The molecule has 0 bridgehead atoms. The highest BCUT2D eigenvalue weighted by atomic mass is 31.2. The lowest BCUT2D eigenvalue weighted by Gasteiger charge is -2.42. The fraction of sp³-hybridized carbons (Fsp3) is 0.219. The smallest absolute Gasteiger partial charge is 0.251 e. The number of benzene rings is 4. The molecule has 1 amide bonds. The summed E-state index contributed by atoms with van der Waals surface area (Å²) in [4.78, 5) is 13.5. The first-order valence-electron chi connectivity index (χ1n) is 12.5. The van der Waals surface area contributed by atoms with Crippen molar-refractivity contribution < 1.29 is 14.5 Å². The molecule has 5 heteroatoms. The zero-order chi connectivity index (χ0) is 26.5. The third-order valence-corrected chi connectivity index (χ3v) is 10.3. The Kier molecular flexibility index (Phi) is 8.12. The zero-order valence-corrected chi connectivity index (χ0v) is 22.4. The molecule has 0 fully saturated rings. The average Bonchev–Trinajstić information content (AvgIpc) is 2.93. The molecule has 0 aromatic heterocycles. The highest BCUT2D eigenvalue weighted by Crippen LogP contribution is 2.56. The summed E-state index contributed by atoms with van der Waals surface area (Å²) in [5.74, 6) is -0.284. The molecular weight excluding hydrogens is 477 g/mol. The fourth-order valence-corrected chi connectivity index (χ4v) is 8.46. The first kappa shape index (κ1) is 26.6. The van der Waals surface area contributed by atoms with E-state index in [0.717, 1.165) is 5.56 Å². The lowest BCUT2D eigenvalue weighted by molar-refractivity contribution is 0.0483. The van der Waals surface area contributed by atoms with Crippen LogP contribution >= 0.6 is 7.14 Å². The van der Waals surface area contributed by atoms with Gasteiger partial charge in [0.1, 0.15) is 0 Å². The molecule has 4 nitrogen and oxygen atoms in total. The van der Waals surface area contributed by atoms with E-state index in [1.54, 1.807) is 12.1 Å². The van der Waals surface area contributed by atoms with Gasteiger partial charge in [0.25, 0.3) is 5.91 Å². The van der Waals surface area contributed by atoms with E-state index in [1.807, 2.05) is 130 Å². The Bertz CT molecular complexity index is 1290. The van der Waals surface area contributed by atoms with Gasteiger partial charge in [0.2, 0.25) is 0 Å². The van der Waals surface area contributed by atoms with Crippen molar-refractivity contribution in [3.05, 3.63) is 132 Å². The maximum atomic E-state index is 15.6. The summed E-state index contributed by atoms with van der Waals surface area (Å²) >= 11 is 0. The van der Waals surface area contributed by atoms with Crippen molar-refractivity contribution in [3.8, 4) is 0 Å². The largest absolute Gasteiger partial charge is 0.392 e. The van der Waals surface area contributed by atoms with Crippen molar-refractivity contribution in [2.45, 2.75) is 38.6 Å². The van der Waals surface area contributed by atoms with Gasteiger partial charge in [-0.2, -0.15) is 0 Å². The summed E-state index contributed by atoms with van der Waals surface area (Å²) in [6, 6.07) is 36.5. The second-order valence-corrected chi connectivity index (χ2v) is 13.3. The van der Waals surface area contributed by atoms with E-state index in [4.69, 9.17) is 0 Å². The van der Waals surface area contributed by atoms with Crippen molar-refractivity contribution in [2.75, 3.05) is 0 Å². The topological polar surface area (TPSA) is 66.4 Å². The Labute approximate surface area is 219 Å². The maximum absolute atomic E-state index is 15.6. The molecule has 3 atom stereocenters. The molecule has 0 aliphatic heterocycles. The van der Waals surface area contributed by atoms with E-state index in [9.17, 15) is 9.90 Å². The average molecular weight is 512 g/mol. The molecule has 3 unspecified atom stereocenters. The molecule has 2 N–H and O–H groups in total. The quantitative estimate of drug-likeness (QED) is 0.288. The van der Waals surface area contributed by atoms with Crippen LogP contribution in [0.3, 0.4) is 0 Å². The lowest BCUT2D eigenvalue weighted by Crippen LogP contribution is -2.50. The van der Waals surface area contributed by atoms with E-state index in [1.165, 1.54) is 0 Å². The summed E-state index contributed by atoms with van der Waals surface area (Å²) in [5, 5.41) is 16.5. The number of aliphatic hydroxyl groups is 1. The number of rotatable bonds is 8. The van der Waals surface area contributed by atoms with Crippen LogP contribution in [0, 0.1) is 5.41 Å². The third kappa shape index (κ3) is 5.77. The second-order valence-electron chi connectivity index (χ2n) is 10.4. The number of aliphatic hydroxyl groups excluding tert-OH is 1. The Hall–Kier alpha value is -3.46. The minimum absolute atomic E-state index is 0.284. The summed E-state index contributed by atoms with van der Waals surface area (Å²) in [5.41, 5.74) is -0.171. The SMILES string of the molecule is CC(C)(C)C(O)C(C(NC(=O)c1ccccc1)c1ccccc1)P(=O)(c1ccccc1)c1ccccc1. The standard InChI is InChI=1S/C32H34NO3P/c1-32(2,3)30(34)29(37(36,26-20-12-6-13-21-26)27-22-14-7-15-23-27)28(24-16-8-4-9-17-24)33-31(35)25-18-10-5-11-19-25/h4-23,28-30,34H,1-3H3,(H,33,35). The van der Waals surface area contributed by atoms with Gasteiger partial charge >= 0.3 is 0 Å². The van der Waals surface area contributed by atoms with Crippen LogP contribution in [0.4, 0.5) is 0 Å². The highest BCUT2D eigenvalue weighted by Gasteiger charge is 2.49. The first-order chi connectivity index (χ1) is 17.7. The number of amides is 1. The Morgan fingerprint density at radius 2 is 1.11 bits per heavy atom. The molecule has 0 aliphatic carbocycles. The number of hydrogen-bond donors (Lipinski definition) is 2. The predicted molar refractivity (Wildman–Crippen MR) is 152 cm³/mol. The minimum atomic E-state index is -3.52. The van der Waals surface area contributed by atoms with Gasteiger partial charge < -0.3 is 15.0 Å². The molecule has 4 aromatic carbocycles. The van der Waals surface area contributed by atoms with E-state index < -0.39 is 30.4 Å². The van der Waals surface area contributed by atoms with Gasteiger partial charge in [0, 0.05) is 16.2 Å². The van der Waals surface area contributed by atoms with Crippen LogP contribution in [0.5, 0.6) is 0 Å². The Morgan fingerprint density at radius 1 is 0.703 bits per heavy atom. The van der Waals surface area contributed by atoms with Crippen molar-refractivity contribution in [2.24, 2.45) is 5.41 Å². The zero-order valence-electron chi connectivity index (χ0n) is 21.5. The van der Waals surface area contributed by atoms with Gasteiger partial charge in [-0.25, -0.2) is 0 Å². The minimum Gasteiger partial charge on any atom is -0.392 e. The van der Waals surface area contributed by atoms with Crippen molar-refractivity contribution in [3.63, 3.8) is 0 Å². The summed E-state index contributed by atoms with van der Waals surface area (Å²) in [7, 11) is -3.52. The maximum Gasteiger partial charge on any atom is 0.251 e. The van der Waals surface area contributed by atoms with Crippen LogP contribution in [0.1, 0.15) is 42.7 Å². The predicted octanol–water partition coefficient (Wildman–Crippen LogP) is 5.95. The van der Waals surface area contributed by atoms with E-state index in [-0.39, 0.29) is 5.91 Å². The molecule has 0 spiro atoms. The molecule has 4 aromatic rings. The van der Waals surface area contributed by atoms with Crippen LogP contribution in [0.15, 0.2) is 121 Å². The van der Waals surface area contributed by atoms with Crippen LogP contribution < -0.4 is 15.9 Å². The van der Waals surface area contributed by atoms with Crippen LogP contribution in [0.25, 0.3) is 0 Å². The first-order valence-corrected chi connectivity index (χ1v) is 14.3. The van der Waals surface area contributed by atoms with E-state index in [2.05, 4.69) is 5.32 Å². The molecule has 0 radical (unpaired) electrons. The van der Waals surface area contributed by atoms with Gasteiger partial charge in [0.15, 0.2) is 7.14 Å². The number of carbonyl (C=O) groups excluding carboxylic acids is 1. The Balaban J connectivity index is 1.98. The molecule has 0 heterocycles. The molecule has 0 aliphatic rings.